The molecule has 3 heteroatoms. The lowest BCUT2D eigenvalue weighted by molar-refractivity contribution is 0.546. The monoisotopic (exact) mass is 231 g/mol. The lowest BCUT2D eigenvalue weighted by Gasteiger charge is -2.25. The van der Waals surface area contributed by atoms with Crippen LogP contribution in [-0.4, -0.2) is 19.1 Å². The first kappa shape index (κ1) is 13.5. The van der Waals surface area contributed by atoms with Crippen molar-refractivity contribution in [3.63, 3.8) is 0 Å². The van der Waals surface area contributed by atoms with E-state index in [9.17, 15) is 0 Å². The van der Waals surface area contributed by atoms with E-state index in [0.29, 0.717) is 6.42 Å². The zero-order valence-corrected chi connectivity index (χ0v) is 11.1. The molecule has 1 rings (SSSR count). The van der Waals surface area contributed by atoms with Gasteiger partial charge in [-0.2, -0.15) is 5.26 Å². The number of nitrogens with two attached hydrogens (primary N) is 1. The highest BCUT2D eigenvalue weighted by molar-refractivity contribution is 5.53. The molecule has 0 heterocycles. The predicted octanol–water partition coefficient (Wildman–Crippen LogP) is 2.37. The van der Waals surface area contributed by atoms with E-state index in [1.165, 1.54) is 16.8 Å². The summed E-state index contributed by atoms with van der Waals surface area (Å²) in [5, 5.41) is 8.87. The molecular weight excluding hydrogens is 210 g/mol. The van der Waals surface area contributed by atoms with Gasteiger partial charge in [0, 0.05) is 19.3 Å². The van der Waals surface area contributed by atoms with Crippen molar-refractivity contribution in [2.24, 2.45) is 5.73 Å². The van der Waals surface area contributed by atoms with Crippen molar-refractivity contribution in [1.82, 2.24) is 0 Å². The van der Waals surface area contributed by atoms with Gasteiger partial charge >= 0.3 is 0 Å². The molecule has 0 aliphatic rings. The lowest BCUT2D eigenvalue weighted by atomic mass is 10.0. The van der Waals surface area contributed by atoms with Crippen molar-refractivity contribution in [2.45, 2.75) is 32.7 Å². The van der Waals surface area contributed by atoms with Gasteiger partial charge in [-0.3, -0.25) is 0 Å². The number of rotatable bonds is 4. The van der Waals surface area contributed by atoms with Crippen molar-refractivity contribution >= 4 is 5.69 Å². The Morgan fingerprint density at radius 2 is 2.06 bits per heavy atom. The zero-order chi connectivity index (χ0) is 13.1. The molecule has 92 valence electrons. The minimum Gasteiger partial charge on any atom is -0.374 e. The maximum absolute atomic E-state index is 8.87. The molecule has 3 nitrogen and oxygen atoms in total. The highest BCUT2D eigenvalue weighted by Crippen LogP contribution is 2.20. The Labute approximate surface area is 104 Å². The van der Waals surface area contributed by atoms with Gasteiger partial charge in [-0.25, -0.2) is 0 Å². The molecule has 1 atom stereocenters. The number of anilines is 1. The summed E-state index contributed by atoms with van der Waals surface area (Å²) in [6, 6.07) is 8.51. The fourth-order valence-corrected chi connectivity index (χ4v) is 1.81. The van der Waals surface area contributed by atoms with Crippen LogP contribution in [0.4, 0.5) is 5.69 Å². The number of nitrogens with zero attached hydrogens (tertiary/aromatic N) is 2. The normalized spacial score (nSPS) is 13.9. The molecule has 0 radical (unpaired) electrons. The van der Waals surface area contributed by atoms with E-state index in [1.54, 1.807) is 6.92 Å². The van der Waals surface area contributed by atoms with Crippen LogP contribution in [0.1, 0.15) is 24.5 Å². The van der Waals surface area contributed by atoms with Crippen LogP contribution < -0.4 is 10.6 Å². The second-order valence-electron chi connectivity index (χ2n) is 4.99. The van der Waals surface area contributed by atoms with Crippen molar-refractivity contribution in [2.75, 3.05) is 18.5 Å². The van der Waals surface area contributed by atoms with E-state index >= 15 is 0 Å². The number of benzene rings is 1. The summed E-state index contributed by atoms with van der Waals surface area (Å²) in [4.78, 5) is 2.15. The van der Waals surface area contributed by atoms with Gasteiger partial charge < -0.3 is 10.6 Å². The Morgan fingerprint density at radius 3 is 2.59 bits per heavy atom. The van der Waals surface area contributed by atoms with E-state index in [0.717, 1.165) is 6.54 Å². The summed E-state index contributed by atoms with van der Waals surface area (Å²) >= 11 is 0. The Hall–Kier alpha value is -1.53. The van der Waals surface area contributed by atoms with Crippen molar-refractivity contribution in [1.29, 1.82) is 5.26 Å². The highest BCUT2D eigenvalue weighted by atomic mass is 15.1. The molecular formula is C14H21N3. The van der Waals surface area contributed by atoms with E-state index in [1.807, 2.05) is 7.05 Å². The van der Waals surface area contributed by atoms with Gasteiger partial charge in [0.05, 0.1) is 6.07 Å². The van der Waals surface area contributed by atoms with Crippen LogP contribution in [0, 0.1) is 25.2 Å². The van der Waals surface area contributed by atoms with Gasteiger partial charge in [0.25, 0.3) is 0 Å². The standard InChI is InChI=1S/C14H21N3/c1-11-5-6-13(12(2)9-11)17(4)8-7-14(3,16)10-15/h5-6,9H,7-8,16H2,1-4H3. The van der Waals surface area contributed by atoms with Crippen molar-refractivity contribution in [3.05, 3.63) is 29.3 Å². The summed E-state index contributed by atoms with van der Waals surface area (Å²) in [5.74, 6) is 0. The van der Waals surface area contributed by atoms with Crippen LogP contribution in [0.5, 0.6) is 0 Å². The number of hydrogen-bond acceptors (Lipinski definition) is 3. The second kappa shape index (κ2) is 5.20. The first-order valence-electron chi connectivity index (χ1n) is 5.84. The van der Waals surface area contributed by atoms with Gasteiger partial charge in [0.1, 0.15) is 5.54 Å². The van der Waals surface area contributed by atoms with Crippen molar-refractivity contribution in [3.8, 4) is 6.07 Å². The molecule has 0 aliphatic carbocycles. The third-order valence-corrected chi connectivity index (χ3v) is 2.99. The average Bonchev–Trinajstić information content (AvgIpc) is 2.26. The van der Waals surface area contributed by atoms with Crippen LogP contribution in [0.15, 0.2) is 18.2 Å². The van der Waals surface area contributed by atoms with E-state index in [-0.39, 0.29) is 0 Å². The molecule has 0 aliphatic heterocycles. The van der Waals surface area contributed by atoms with Crippen molar-refractivity contribution < 1.29 is 0 Å². The summed E-state index contributed by atoms with van der Waals surface area (Å²) in [6.45, 7) is 6.74. The van der Waals surface area contributed by atoms with E-state index in [4.69, 9.17) is 11.0 Å². The summed E-state index contributed by atoms with van der Waals surface area (Å²) in [7, 11) is 2.03. The third-order valence-electron chi connectivity index (χ3n) is 2.99. The fraction of sp³-hybridized carbons (Fsp3) is 0.500. The maximum Gasteiger partial charge on any atom is 0.103 e. The summed E-state index contributed by atoms with van der Waals surface area (Å²) in [6.07, 6.45) is 0.660. The first-order valence-corrected chi connectivity index (χ1v) is 5.84. The van der Waals surface area contributed by atoms with E-state index < -0.39 is 5.54 Å². The molecule has 1 aromatic rings. The zero-order valence-electron chi connectivity index (χ0n) is 11.1. The van der Waals surface area contributed by atoms with Gasteiger partial charge in [0.2, 0.25) is 0 Å². The molecule has 0 spiro atoms. The Morgan fingerprint density at radius 1 is 1.41 bits per heavy atom. The van der Waals surface area contributed by atoms with Crippen LogP contribution in [-0.2, 0) is 0 Å². The SMILES string of the molecule is Cc1ccc(N(C)CCC(C)(N)C#N)c(C)c1. The quantitative estimate of drug-likeness (QED) is 0.865. The minimum absolute atomic E-state index is 0.660. The van der Waals surface area contributed by atoms with Crippen LogP contribution in [0.3, 0.4) is 0 Å². The lowest BCUT2D eigenvalue weighted by Crippen LogP contribution is -2.38. The largest absolute Gasteiger partial charge is 0.374 e. The topological polar surface area (TPSA) is 53.0 Å². The Kier molecular flexibility index (Phi) is 4.14. The smallest absolute Gasteiger partial charge is 0.103 e. The summed E-state index contributed by atoms with van der Waals surface area (Å²) in [5.41, 5.74) is 8.79. The highest BCUT2D eigenvalue weighted by Gasteiger charge is 2.18. The van der Waals surface area contributed by atoms with Gasteiger partial charge in [0.15, 0.2) is 0 Å². The molecule has 0 amide bonds. The Bertz CT molecular complexity index is 430. The molecule has 0 saturated carbocycles. The molecule has 2 N–H and O–H groups in total. The number of hydrogen-bond donors (Lipinski definition) is 1. The summed E-state index contributed by atoms with van der Waals surface area (Å²) < 4.78 is 0. The molecule has 0 fully saturated rings. The second-order valence-corrected chi connectivity index (χ2v) is 4.99. The minimum atomic E-state index is -0.743. The molecule has 1 aromatic carbocycles. The molecule has 17 heavy (non-hydrogen) atoms. The molecule has 0 aromatic heterocycles. The number of nitriles is 1. The third kappa shape index (κ3) is 3.76. The van der Waals surface area contributed by atoms with Gasteiger partial charge in [-0.1, -0.05) is 17.7 Å². The van der Waals surface area contributed by atoms with E-state index in [2.05, 4.69) is 43.0 Å². The average molecular weight is 231 g/mol. The Balaban J connectivity index is 2.71. The molecule has 1 unspecified atom stereocenters. The predicted molar refractivity (Wildman–Crippen MR) is 72.0 cm³/mol. The fourth-order valence-electron chi connectivity index (χ4n) is 1.81. The first-order chi connectivity index (χ1) is 7.85. The van der Waals surface area contributed by atoms with Crippen LogP contribution in [0.25, 0.3) is 0 Å². The van der Waals surface area contributed by atoms with Crippen LogP contribution in [0.2, 0.25) is 0 Å². The number of aryl methyl sites for hydroxylation is 2. The molecule has 0 bridgehead atoms. The van der Waals surface area contributed by atoms with Gasteiger partial charge in [-0.05, 0) is 38.8 Å². The molecule has 0 saturated heterocycles. The maximum atomic E-state index is 8.87. The van der Waals surface area contributed by atoms with Gasteiger partial charge in [-0.15, -0.1) is 0 Å². The van der Waals surface area contributed by atoms with Crippen LogP contribution >= 0.6 is 0 Å².